The van der Waals surface area contributed by atoms with Crippen LogP contribution in [0.2, 0.25) is 0 Å². The van der Waals surface area contributed by atoms with Crippen LogP contribution in [0.5, 0.6) is 0 Å². The van der Waals surface area contributed by atoms with Crippen molar-refractivity contribution in [3.05, 3.63) is 0 Å². The van der Waals surface area contributed by atoms with Crippen molar-refractivity contribution in [1.82, 2.24) is 0 Å². The summed E-state index contributed by atoms with van der Waals surface area (Å²) >= 11 is 4.33. The van der Waals surface area contributed by atoms with Gasteiger partial charge in [-0.2, -0.15) is 0 Å². The maximum absolute atomic E-state index is 10.1. The van der Waals surface area contributed by atoms with Gasteiger partial charge in [0.25, 0.3) is 0 Å². The third-order valence-electron chi connectivity index (χ3n) is 0. The van der Waals surface area contributed by atoms with Gasteiger partial charge in [-0.3, -0.25) is 0 Å². The van der Waals surface area contributed by atoms with E-state index in [-0.39, 0.29) is 70.3 Å². The van der Waals surface area contributed by atoms with Gasteiger partial charge in [-0.05, 0) is 0 Å². The van der Waals surface area contributed by atoms with Gasteiger partial charge in [0, 0.05) is 0 Å². The third kappa shape index (κ3) is 8.86. The molecule has 0 nitrogen and oxygen atoms in total. The van der Waals surface area contributed by atoms with E-state index in [0.717, 1.165) is 0 Å². The van der Waals surface area contributed by atoms with E-state index in [9.17, 15) is 4.39 Å². The fourth-order valence-corrected chi connectivity index (χ4v) is 0. The van der Waals surface area contributed by atoms with Crippen molar-refractivity contribution in [3.8, 4) is 0 Å². The largest absolute Gasteiger partial charge is 1.00 e. The molecule has 0 aliphatic rings. The molecule has 0 unspecified atom stereocenters. The van der Waals surface area contributed by atoms with Crippen molar-refractivity contribution in [1.29, 1.82) is 0 Å². The standard InChI is InChI=1S/CH2ClF.Cs.H/c2-1-3;;/h1H2;;/q;+1;-1. The molecule has 0 fully saturated rings. The van der Waals surface area contributed by atoms with Gasteiger partial charge in [0.15, 0.2) is 6.13 Å². The van der Waals surface area contributed by atoms with Gasteiger partial charge in [-0.25, -0.2) is 4.39 Å². The van der Waals surface area contributed by atoms with E-state index in [4.69, 9.17) is 0 Å². The molecule has 0 aromatic heterocycles. The van der Waals surface area contributed by atoms with Gasteiger partial charge in [0.1, 0.15) is 0 Å². The zero-order chi connectivity index (χ0) is 2.71. The van der Waals surface area contributed by atoms with E-state index < -0.39 is 6.13 Å². The minimum atomic E-state index is -0.778. The molecule has 0 spiro atoms. The molecule has 0 saturated carbocycles. The Morgan fingerprint density at radius 3 is 2.00 bits per heavy atom. The first-order chi connectivity index (χ1) is 1.41. The Morgan fingerprint density at radius 1 is 2.00 bits per heavy atom. The molecule has 0 rings (SSSR count). The van der Waals surface area contributed by atoms with Crippen LogP contribution in [0.25, 0.3) is 0 Å². The predicted molar refractivity (Wildman–Crippen MR) is 12.9 cm³/mol. The Morgan fingerprint density at radius 2 is 2.00 bits per heavy atom. The van der Waals surface area contributed by atoms with Crippen molar-refractivity contribution >= 4 is 11.6 Å². The summed E-state index contributed by atoms with van der Waals surface area (Å²) in [4.78, 5) is 0. The molecular formula is CH3ClCsF. The number of hydrogen-bond donors (Lipinski definition) is 0. The monoisotopic (exact) mass is 202 g/mol. The molecule has 22 valence electrons. The molecular weight excluding hydrogens is 199 g/mol. The molecule has 4 heavy (non-hydrogen) atoms. The fraction of sp³-hybridized carbons (Fsp3) is 1.00. The van der Waals surface area contributed by atoms with Crippen LogP contribution in [0.15, 0.2) is 0 Å². The Kier molecular flexibility index (Phi) is 21.5. The van der Waals surface area contributed by atoms with Crippen molar-refractivity contribution in [2.24, 2.45) is 0 Å². The minimum absolute atomic E-state index is 0. The Hall–Kier alpha value is 2.27. The van der Waals surface area contributed by atoms with Gasteiger partial charge in [0.2, 0.25) is 0 Å². The van der Waals surface area contributed by atoms with Gasteiger partial charge in [-0.15, -0.1) is 0 Å². The van der Waals surface area contributed by atoms with Crippen LogP contribution in [-0.4, -0.2) is 6.13 Å². The van der Waals surface area contributed by atoms with Crippen molar-refractivity contribution in [2.45, 2.75) is 0 Å². The van der Waals surface area contributed by atoms with Crippen LogP contribution >= 0.6 is 11.6 Å². The Labute approximate surface area is 90.0 Å². The number of hydrogen-bond acceptors (Lipinski definition) is 0. The molecule has 0 heterocycles. The number of alkyl halides is 2. The second kappa shape index (κ2) is 8.99. The second-order valence-electron chi connectivity index (χ2n) is 0.101. The van der Waals surface area contributed by atoms with Gasteiger partial charge in [-0.1, -0.05) is 11.6 Å². The molecule has 0 aromatic rings. The average Bonchev–Trinajstić information content (AvgIpc) is 0.918. The summed E-state index contributed by atoms with van der Waals surface area (Å²) in [7, 11) is 0. The Bertz CT molecular complexity index is 11.6. The van der Waals surface area contributed by atoms with Crippen LogP contribution < -0.4 is 68.9 Å². The second-order valence-corrected chi connectivity index (χ2v) is 0.303. The Balaban J connectivity index is -0.0000000200. The van der Waals surface area contributed by atoms with Crippen molar-refractivity contribution in [2.75, 3.05) is 6.13 Å². The first-order valence-corrected chi connectivity index (χ1v) is 1.07. The van der Waals surface area contributed by atoms with Crippen LogP contribution in [0.4, 0.5) is 4.39 Å². The van der Waals surface area contributed by atoms with Gasteiger partial charge >= 0.3 is 68.9 Å². The number of rotatable bonds is 0. The third-order valence-corrected chi connectivity index (χ3v) is 0. The molecule has 0 radical (unpaired) electrons. The summed E-state index contributed by atoms with van der Waals surface area (Å²) < 4.78 is 10.1. The van der Waals surface area contributed by atoms with Crippen LogP contribution in [-0.2, 0) is 0 Å². The smallest absolute Gasteiger partial charge is 1.00 e. The van der Waals surface area contributed by atoms with E-state index in [1.807, 2.05) is 0 Å². The SMILES string of the molecule is FCCl.[Cs+].[H-]. The number of halogens is 2. The van der Waals surface area contributed by atoms with E-state index in [1.54, 1.807) is 0 Å². The normalized spacial score (nSPS) is 4.50. The average molecular weight is 202 g/mol. The maximum atomic E-state index is 10.1. The van der Waals surface area contributed by atoms with Crippen LogP contribution in [0.3, 0.4) is 0 Å². The van der Waals surface area contributed by atoms with Gasteiger partial charge < -0.3 is 1.43 Å². The summed E-state index contributed by atoms with van der Waals surface area (Å²) in [5.41, 5.74) is 0. The zero-order valence-corrected chi connectivity index (χ0v) is 9.50. The van der Waals surface area contributed by atoms with Gasteiger partial charge in [0.05, 0.1) is 0 Å². The van der Waals surface area contributed by atoms with Crippen molar-refractivity contribution in [3.63, 3.8) is 0 Å². The predicted octanol–water partition coefficient (Wildman–Crippen LogP) is -1.73. The molecule has 0 atom stereocenters. The van der Waals surface area contributed by atoms with E-state index in [1.165, 1.54) is 0 Å². The molecule has 0 bridgehead atoms. The molecule has 0 N–H and O–H groups in total. The summed E-state index contributed by atoms with van der Waals surface area (Å²) in [6, 6.07) is 0. The maximum Gasteiger partial charge on any atom is 1.00 e. The molecule has 0 aliphatic carbocycles. The summed E-state index contributed by atoms with van der Waals surface area (Å²) in [5.74, 6) is 0. The molecule has 0 aromatic carbocycles. The first-order valence-electron chi connectivity index (χ1n) is 0.535. The zero-order valence-electron chi connectivity index (χ0n) is 3.46. The summed E-state index contributed by atoms with van der Waals surface area (Å²) in [5, 5.41) is 0. The van der Waals surface area contributed by atoms with Crippen molar-refractivity contribution < 1.29 is 74.7 Å². The molecule has 0 aliphatic heterocycles. The van der Waals surface area contributed by atoms with E-state index in [2.05, 4.69) is 11.6 Å². The summed E-state index contributed by atoms with van der Waals surface area (Å²) in [6.07, 6.45) is -0.778. The van der Waals surface area contributed by atoms with Crippen LogP contribution in [0, 0.1) is 0 Å². The fourth-order valence-electron chi connectivity index (χ4n) is 0. The topological polar surface area (TPSA) is 0 Å². The molecule has 3 heteroatoms. The first kappa shape index (κ1) is 9.55. The quantitative estimate of drug-likeness (QED) is 0.410. The van der Waals surface area contributed by atoms with Crippen LogP contribution in [0.1, 0.15) is 1.43 Å². The van der Waals surface area contributed by atoms with E-state index in [0.29, 0.717) is 0 Å². The van der Waals surface area contributed by atoms with E-state index >= 15 is 0 Å². The molecule has 0 amide bonds. The molecule has 0 saturated heterocycles. The summed E-state index contributed by atoms with van der Waals surface area (Å²) in [6.45, 7) is 0. The minimum Gasteiger partial charge on any atom is -1.00 e.